The van der Waals surface area contributed by atoms with Crippen LogP contribution in [0.15, 0.2) is 24.3 Å². The first-order valence-corrected chi connectivity index (χ1v) is 6.08. The van der Waals surface area contributed by atoms with Crippen LogP contribution in [-0.4, -0.2) is 24.7 Å². The van der Waals surface area contributed by atoms with Crippen LogP contribution in [0.5, 0.6) is 0 Å². The van der Waals surface area contributed by atoms with Crippen LogP contribution in [0, 0.1) is 11.3 Å². The van der Waals surface area contributed by atoms with E-state index >= 15 is 0 Å². The van der Waals surface area contributed by atoms with E-state index in [1.807, 2.05) is 12.1 Å². The molecule has 12 heavy (non-hydrogen) atoms. The van der Waals surface area contributed by atoms with Crippen molar-refractivity contribution >= 4 is 24.7 Å². The molecule has 0 unspecified atom stereocenters. The number of nitriles is 1. The van der Waals surface area contributed by atoms with Crippen molar-refractivity contribution in [1.82, 2.24) is 0 Å². The monoisotopic (exact) mass is 355 g/mol. The van der Waals surface area contributed by atoms with E-state index in [0.29, 0.717) is 3.12 Å². The van der Waals surface area contributed by atoms with E-state index in [9.17, 15) is 0 Å². The van der Waals surface area contributed by atoms with Gasteiger partial charge < -0.3 is 0 Å². The third kappa shape index (κ3) is 2.29. The molecule has 0 N–H and O–H groups in total. The van der Waals surface area contributed by atoms with Gasteiger partial charge in [0.2, 0.25) is 0 Å². The zero-order valence-electron chi connectivity index (χ0n) is 7.33. The fraction of sp³-hybridized carbons (Fsp3) is 0.300. The van der Waals surface area contributed by atoms with Crippen LogP contribution in [0.4, 0.5) is 0 Å². The van der Waals surface area contributed by atoms with Gasteiger partial charge in [-0.25, -0.2) is 0 Å². The molecule has 62 valence electrons. The average molecular weight is 355 g/mol. The molecule has 1 nitrogen and oxygen atoms in total. The van der Waals surface area contributed by atoms with Gasteiger partial charge in [0.15, 0.2) is 0 Å². The number of rotatable bonds is 1. The molecule has 1 aromatic carbocycles. The van der Waals surface area contributed by atoms with Crippen LogP contribution in [0.25, 0.3) is 0 Å². The summed E-state index contributed by atoms with van der Waals surface area (Å²) in [6.45, 7) is 4.47. The summed E-state index contributed by atoms with van der Waals surface area (Å²) in [7, 11) is 0. The van der Waals surface area contributed by atoms with Gasteiger partial charge in [0, 0.05) is 0 Å². The summed E-state index contributed by atoms with van der Waals surface area (Å²) in [5, 5.41) is 8.59. The second kappa shape index (κ2) is 3.54. The van der Waals surface area contributed by atoms with Crippen LogP contribution in [0.2, 0.25) is 0 Å². The van der Waals surface area contributed by atoms with E-state index in [1.54, 1.807) is 0 Å². The average Bonchev–Trinajstić information content (AvgIpc) is 2.03. The summed E-state index contributed by atoms with van der Waals surface area (Å²) in [5.74, 6) is 0. The van der Waals surface area contributed by atoms with E-state index in [1.165, 1.54) is 5.56 Å². The third-order valence-electron chi connectivity index (χ3n) is 1.76. The normalized spacial score (nSPS) is 10.8. The first kappa shape index (κ1) is 9.68. The third-order valence-corrected chi connectivity index (χ3v) is 3.05. The molecule has 0 atom stereocenters. The van der Waals surface area contributed by atoms with Crippen molar-refractivity contribution in [1.29, 1.82) is 5.26 Å². The summed E-state index contributed by atoms with van der Waals surface area (Å²) >= 11 is 0.926. The van der Waals surface area contributed by atoms with Gasteiger partial charge in [-0.3, -0.25) is 0 Å². The quantitative estimate of drug-likeness (QED) is 0.700. The van der Waals surface area contributed by atoms with Crippen molar-refractivity contribution in [2.24, 2.45) is 0 Å². The molecule has 1 rings (SSSR count). The van der Waals surface area contributed by atoms with Crippen molar-refractivity contribution in [2.45, 2.75) is 17.0 Å². The van der Waals surface area contributed by atoms with Crippen molar-refractivity contribution < 1.29 is 0 Å². The molecule has 0 radical (unpaired) electrons. The molecule has 2 heteroatoms. The standard InChI is InChI=1S/C10H10N.Bi.2H/c1-8(2)10-5-3-9(7-11)4-6-10;;;/h3-6H,1-2H3;;;. The molecule has 0 aliphatic rings. The molecule has 0 saturated carbocycles. The Bertz CT molecular complexity index is 300. The SMILES string of the molecule is C[C](C)([BiH2])c1ccc(C#N)cc1. The van der Waals surface area contributed by atoms with Crippen molar-refractivity contribution in [2.75, 3.05) is 0 Å². The van der Waals surface area contributed by atoms with Crippen LogP contribution in [-0.2, 0) is 3.12 Å². The van der Waals surface area contributed by atoms with Crippen LogP contribution >= 0.6 is 0 Å². The van der Waals surface area contributed by atoms with Crippen LogP contribution in [0.1, 0.15) is 25.0 Å². The van der Waals surface area contributed by atoms with Crippen molar-refractivity contribution in [3.8, 4) is 6.07 Å². The summed E-state index contributed by atoms with van der Waals surface area (Å²) in [6, 6.07) is 10.0. The second-order valence-electron chi connectivity index (χ2n) is 3.41. The number of hydrogen-bond acceptors (Lipinski definition) is 1. The first-order valence-electron chi connectivity index (χ1n) is 3.83. The number of hydrogen-bond donors (Lipinski definition) is 0. The van der Waals surface area contributed by atoms with E-state index in [2.05, 4.69) is 32.0 Å². The van der Waals surface area contributed by atoms with E-state index < -0.39 is 0 Å². The van der Waals surface area contributed by atoms with Gasteiger partial charge in [-0.1, -0.05) is 0 Å². The molecule has 0 fully saturated rings. The second-order valence-corrected chi connectivity index (χ2v) is 9.02. The molecule has 0 aromatic heterocycles. The molecule has 0 aliphatic heterocycles. The predicted molar refractivity (Wildman–Crippen MR) is 52.7 cm³/mol. The van der Waals surface area contributed by atoms with Crippen molar-refractivity contribution in [3.63, 3.8) is 0 Å². The van der Waals surface area contributed by atoms with E-state index in [4.69, 9.17) is 5.26 Å². The van der Waals surface area contributed by atoms with Gasteiger partial charge in [0.05, 0.1) is 0 Å². The van der Waals surface area contributed by atoms with Gasteiger partial charge in [0.1, 0.15) is 0 Å². The number of benzene rings is 1. The molecule has 0 spiro atoms. The Balaban J connectivity index is 3.02. The fourth-order valence-electron chi connectivity index (χ4n) is 0.974. The zero-order valence-corrected chi connectivity index (χ0v) is 11.8. The van der Waals surface area contributed by atoms with E-state index in [-0.39, 0.29) is 0 Å². The zero-order chi connectivity index (χ0) is 9.19. The fourth-order valence-corrected chi connectivity index (χ4v) is 1.72. The van der Waals surface area contributed by atoms with E-state index in [0.717, 1.165) is 30.3 Å². The Kier molecular flexibility index (Phi) is 2.86. The van der Waals surface area contributed by atoms with Crippen LogP contribution in [0.3, 0.4) is 0 Å². The molecular weight excluding hydrogens is 343 g/mol. The Morgan fingerprint density at radius 1 is 1.25 bits per heavy atom. The summed E-state index contributed by atoms with van der Waals surface area (Å²) in [4.78, 5) is 0. The number of nitrogens with zero attached hydrogens (tertiary/aromatic N) is 1. The molecular formula is C10H12BiN. The Hall–Kier alpha value is -0.407. The minimum atomic E-state index is 0.341. The molecule has 0 aliphatic carbocycles. The van der Waals surface area contributed by atoms with Gasteiger partial charge >= 0.3 is 88.4 Å². The summed E-state index contributed by atoms with van der Waals surface area (Å²) < 4.78 is 0.341. The molecule has 0 bridgehead atoms. The van der Waals surface area contributed by atoms with Gasteiger partial charge in [-0.2, -0.15) is 0 Å². The summed E-state index contributed by atoms with van der Waals surface area (Å²) in [6.07, 6.45) is 0. The summed E-state index contributed by atoms with van der Waals surface area (Å²) in [5.41, 5.74) is 2.08. The Morgan fingerprint density at radius 3 is 2.08 bits per heavy atom. The van der Waals surface area contributed by atoms with Gasteiger partial charge in [0.25, 0.3) is 0 Å². The van der Waals surface area contributed by atoms with Gasteiger partial charge in [-0.05, 0) is 0 Å². The molecule has 0 heterocycles. The maximum absolute atomic E-state index is 8.59. The Labute approximate surface area is 88.3 Å². The maximum atomic E-state index is 8.59. The van der Waals surface area contributed by atoms with Crippen molar-refractivity contribution in [3.05, 3.63) is 35.4 Å². The molecule has 1 aromatic rings. The van der Waals surface area contributed by atoms with Gasteiger partial charge in [-0.15, -0.1) is 0 Å². The molecule has 0 amide bonds. The first-order chi connectivity index (χ1) is 5.54. The Morgan fingerprint density at radius 2 is 1.75 bits per heavy atom. The van der Waals surface area contributed by atoms with Crippen LogP contribution < -0.4 is 0 Å². The molecule has 0 saturated heterocycles. The predicted octanol–water partition coefficient (Wildman–Crippen LogP) is 1.43. The topological polar surface area (TPSA) is 23.8 Å². The minimum absolute atomic E-state index is 0.341.